The minimum Gasteiger partial charge on any atom is -0.497 e. The molecule has 0 saturated heterocycles. The zero-order valence-electron chi connectivity index (χ0n) is 15.0. The Morgan fingerprint density at radius 2 is 1.93 bits per heavy atom. The van der Waals surface area contributed by atoms with E-state index in [1.807, 2.05) is 0 Å². The number of aliphatic hydroxyl groups is 1. The van der Waals surface area contributed by atoms with E-state index in [0.717, 1.165) is 0 Å². The van der Waals surface area contributed by atoms with Gasteiger partial charge in [0.15, 0.2) is 6.29 Å². The molecule has 0 bridgehead atoms. The molecule has 2 unspecified atom stereocenters. The maximum atomic E-state index is 14.6. The molecule has 2 aromatic rings. The largest absolute Gasteiger partial charge is 0.497 e. The lowest BCUT2D eigenvalue weighted by Crippen LogP contribution is -2.22. The van der Waals surface area contributed by atoms with Crippen molar-refractivity contribution in [2.45, 2.75) is 12.5 Å². The average Bonchev–Trinajstić information content (AvgIpc) is 3.06. The van der Waals surface area contributed by atoms with E-state index in [2.05, 4.69) is 10.2 Å². The number of carbonyl (C=O) groups excluding carboxylic acids is 1. The standard InChI is InChI=1S/C20H15FN2O6/c1-22-18-15(16(19(25)26)20(27)29-18)17(24)23-14-7-6-11(9-13(14)21)10-4-3-5-12(8-10)28-2/h3-9,18,20,27H,2H3,(H,23,24)(H,25,26). The Morgan fingerprint density at radius 3 is 2.55 bits per heavy atom. The number of anilines is 1. The van der Waals surface area contributed by atoms with Gasteiger partial charge in [0.1, 0.15) is 22.7 Å². The van der Waals surface area contributed by atoms with E-state index in [4.69, 9.17) is 16.0 Å². The minimum atomic E-state index is -1.92. The van der Waals surface area contributed by atoms with Gasteiger partial charge in [-0.15, -0.1) is 0 Å². The molecule has 0 aromatic heterocycles. The topological polar surface area (TPSA) is 109 Å². The van der Waals surface area contributed by atoms with E-state index in [1.165, 1.54) is 19.2 Å². The molecular weight excluding hydrogens is 383 g/mol. The number of aliphatic carboxylic acids is 1. The molecule has 9 heteroatoms. The van der Waals surface area contributed by atoms with Gasteiger partial charge >= 0.3 is 12.2 Å². The van der Waals surface area contributed by atoms with Crippen molar-refractivity contribution >= 4 is 17.6 Å². The molecule has 1 aliphatic heterocycles. The van der Waals surface area contributed by atoms with Gasteiger partial charge in [-0.3, -0.25) is 14.4 Å². The first-order valence-electron chi connectivity index (χ1n) is 8.28. The molecule has 2 atom stereocenters. The van der Waals surface area contributed by atoms with Crippen molar-refractivity contribution < 1.29 is 33.7 Å². The Kier molecular flexibility index (Phi) is 5.59. The molecule has 8 nitrogen and oxygen atoms in total. The molecule has 0 spiro atoms. The second-order valence-corrected chi connectivity index (χ2v) is 5.98. The van der Waals surface area contributed by atoms with E-state index < -0.39 is 41.4 Å². The normalized spacial score (nSPS) is 18.3. The number of methoxy groups -OCH3 is 1. The van der Waals surface area contributed by atoms with Gasteiger partial charge in [0.05, 0.1) is 12.8 Å². The Labute approximate surface area is 164 Å². The zero-order chi connectivity index (χ0) is 21.1. The number of halogens is 1. The predicted octanol–water partition coefficient (Wildman–Crippen LogP) is 2.41. The maximum Gasteiger partial charge on any atom is 0.363 e. The van der Waals surface area contributed by atoms with E-state index in [-0.39, 0.29) is 5.69 Å². The zero-order valence-corrected chi connectivity index (χ0v) is 15.0. The number of carboxylic acid groups (broad SMARTS) is 1. The highest BCUT2D eigenvalue weighted by Gasteiger charge is 2.45. The van der Waals surface area contributed by atoms with Crippen LogP contribution in [0.3, 0.4) is 0 Å². The van der Waals surface area contributed by atoms with Gasteiger partial charge in [-0.05, 0) is 35.4 Å². The van der Waals surface area contributed by atoms with Crippen molar-refractivity contribution in [2.24, 2.45) is 0 Å². The lowest BCUT2D eigenvalue weighted by atomic mass is 10.0. The summed E-state index contributed by atoms with van der Waals surface area (Å²) in [7, 11) is 1.51. The van der Waals surface area contributed by atoms with Crippen LogP contribution in [0.25, 0.3) is 16.0 Å². The van der Waals surface area contributed by atoms with Crippen molar-refractivity contribution in [3.05, 3.63) is 70.8 Å². The quantitative estimate of drug-likeness (QED) is 0.668. The fourth-order valence-corrected chi connectivity index (χ4v) is 2.86. The monoisotopic (exact) mass is 398 g/mol. The van der Waals surface area contributed by atoms with E-state index in [1.54, 1.807) is 30.3 Å². The second-order valence-electron chi connectivity index (χ2n) is 5.98. The number of nitrogens with zero attached hydrogens (tertiary/aromatic N) is 1. The van der Waals surface area contributed by atoms with Crippen molar-refractivity contribution in [3.8, 4) is 16.9 Å². The number of hydrogen-bond donors (Lipinski definition) is 3. The number of rotatable bonds is 5. The van der Waals surface area contributed by atoms with Gasteiger partial charge in [0.25, 0.3) is 5.91 Å². The maximum absolute atomic E-state index is 14.6. The molecule has 0 saturated carbocycles. The van der Waals surface area contributed by atoms with Crippen molar-refractivity contribution in [1.82, 2.24) is 0 Å². The lowest BCUT2D eigenvalue weighted by Gasteiger charge is -2.10. The molecule has 148 valence electrons. The number of ether oxygens (including phenoxy) is 2. The number of carboxylic acids is 1. The molecule has 1 amide bonds. The number of aliphatic hydroxyl groups excluding tert-OH is 1. The van der Waals surface area contributed by atoms with Crippen LogP contribution in [-0.4, -0.2) is 41.7 Å². The Balaban J connectivity index is 1.89. The predicted molar refractivity (Wildman–Crippen MR) is 99.2 cm³/mol. The van der Waals surface area contributed by atoms with Crippen LogP contribution in [0.2, 0.25) is 0 Å². The summed E-state index contributed by atoms with van der Waals surface area (Å²) in [5.74, 6) is -2.83. The third kappa shape index (κ3) is 3.94. The fourth-order valence-electron chi connectivity index (χ4n) is 2.86. The van der Waals surface area contributed by atoms with Gasteiger partial charge in [-0.1, -0.05) is 18.2 Å². The summed E-state index contributed by atoms with van der Waals surface area (Å²) in [6.07, 6.45) is -3.53. The highest BCUT2D eigenvalue weighted by atomic mass is 19.1. The third-order valence-electron chi connectivity index (χ3n) is 4.25. The lowest BCUT2D eigenvalue weighted by molar-refractivity contribution is -0.137. The van der Waals surface area contributed by atoms with Crippen LogP contribution in [0.5, 0.6) is 5.75 Å². The van der Waals surface area contributed by atoms with Crippen LogP contribution in [0.4, 0.5) is 10.1 Å². The van der Waals surface area contributed by atoms with Crippen LogP contribution in [0.15, 0.2) is 53.6 Å². The van der Waals surface area contributed by atoms with Crippen molar-refractivity contribution in [1.29, 1.82) is 0 Å². The highest BCUT2D eigenvalue weighted by Crippen LogP contribution is 2.30. The number of amides is 1. The van der Waals surface area contributed by atoms with Crippen LogP contribution < -0.4 is 10.1 Å². The first-order valence-corrected chi connectivity index (χ1v) is 8.28. The fraction of sp³-hybridized carbons (Fsp3) is 0.150. The summed E-state index contributed by atoms with van der Waals surface area (Å²) >= 11 is 0. The second kappa shape index (κ2) is 8.10. The molecule has 0 radical (unpaired) electrons. The summed E-state index contributed by atoms with van der Waals surface area (Å²) in [5, 5.41) is 21.0. The Bertz CT molecular complexity index is 1060. The van der Waals surface area contributed by atoms with Crippen LogP contribution in [-0.2, 0) is 14.3 Å². The highest BCUT2D eigenvalue weighted by molar-refractivity contribution is 6.10. The summed E-state index contributed by atoms with van der Waals surface area (Å²) in [4.78, 5) is 26.8. The van der Waals surface area contributed by atoms with Crippen molar-refractivity contribution in [3.63, 3.8) is 0 Å². The summed E-state index contributed by atoms with van der Waals surface area (Å²) in [6, 6.07) is 11.0. The molecule has 0 aliphatic carbocycles. The van der Waals surface area contributed by atoms with E-state index >= 15 is 0 Å². The van der Waals surface area contributed by atoms with Gasteiger partial charge in [0, 0.05) is 0 Å². The summed E-state index contributed by atoms with van der Waals surface area (Å²) < 4.78 is 24.5. The minimum absolute atomic E-state index is 0.219. The molecule has 1 aliphatic rings. The Hall–Kier alpha value is -3.74. The molecule has 1 heterocycles. The van der Waals surface area contributed by atoms with Gasteiger partial charge in [0.2, 0.25) is 0 Å². The number of nitrogens with one attached hydrogen (secondary N) is 1. The number of hydrogen-bond acceptors (Lipinski definition) is 5. The molecule has 2 aromatic carbocycles. The van der Waals surface area contributed by atoms with E-state index in [0.29, 0.717) is 16.9 Å². The first kappa shape index (κ1) is 20.0. The van der Waals surface area contributed by atoms with Crippen LogP contribution >= 0.6 is 0 Å². The SMILES string of the molecule is [C-]#[N+]C1OC(O)C(C(=O)O)=C1C(=O)Nc1ccc(-c2cccc(OC)c2)cc1F. The van der Waals surface area contributed by atoms with Gasteiger partial charge < -0.3 is 20.3 Å². The van der Waals surface area contributed by atoms with Crippen LogP contribution in [0.1, 0.15) is 0 Å². The Morgan fingerprint density at radius 1 is 1.21 bits per heavy atom. The van der Waals surface area contributed by atoms with Crippen molar-refractivity contribution in [2.75, 3.05) is 12.4 Å². The van der Waals surface area contributed by atoms with Crippen LogP contribution in [0, 0.1) is 12.4 Å². The molecular formula is C20H15FN2O6. The van der Waals surface area contributed by atoms with E-state index in [9.17, 15) is 24.2 Å². The summed E-state index contributed by atoms with van der Waals surface area (Å²) in [6.45, 7) is 7.02. The molecule has 3 rings (SSSR count). The smallest absolute Gasteiger partial charge is 0.363 e. The number of benzene rings is 2. The third-order valence-corrected chi connectivity index (χ3v) is 4.25. The number of carbonyl (C=O) groups is 2. The molecule has 3 N–H and O–H groups in total. The average molecular weight is 398 g/mol. The van der Waals surface area contributed by atoms with Gasteiger partial charge in [-0.25, -0.2) is 15.8 Å². The molecule has 0 fully saturated rings. The van der Waals surface area contributed by atoms with Gasteiger partial charge in [-0.2, -0.15) is 0 Å². The summed E-state index contributed by atoms with van der Waals surface area (Å²) in [5.41, 5.74) is -0.321. The molecule has 29 heavy (non-hydrogen) atoms. The first-order chi connectivity index (χ1) is 13.8.